The van der Waals surface area contributed by atoms with Gasteiger partial charge in [0.1, 0.15) is 0 Å². The fourth-order valence-electron chi connectivity index (χ4n) is 2.08. The predicted molar refractivity (Wildman–Crippen MR) is 72.0 cm³/mol. The van der Waals surface area contributed by atoms with Crippen LogP contribution in [-0.2, 0) is 10.2 Å². The highest BCUT2D eigenvalue weighted by Gasteiger charge is 2.35. The second kappa shape index (κ2) is 4.09. The molecule has 0 fully saturated rings. The Morgan fingerprint density at radius 1 is 1.28 bits per heavy atom. The molecule has 0 saturated carbocycles. The number of anilines is 1. The molecule has 0 aliphatic carbocycles. The first-order valence-corrected chi connectivity index (χ1v) is 5.98. The number of benzene rings is 1. The molecule has 0 N–H and O–H groups in total. The molecule has 3 heteroatoms. The maximum absolute atomic E-state index is 11.9. The van der Waals surface area contributed by atoms with Crippen molar-refractivity contribution in [1.29, 1.82) is 0 Å². The van der Waals surface area contributed by atoms with E-state index >= 15 is 0 Å². The third kappa shape index (κ3) is 1.86. The molecule has 0 saturated heterocycles. The summed E-state index contributed by atoms with van der Waals surface area (Å²) >= 11 is 0. The standard InChI is InChI=1S/C15H17NO2/c1-5-8-16-12-7-6-10(15(2,3)4)9-11(12)13(17)14(16)18/h5-7,9H,1,8H2,2-4H3. The van der Waals surface area contributed by atoms with Gasteiger partial charge in [-0.15, -0.1) is 6.58 Å². The molecule has 1 aromatic carbocycles. The van der Waals surface area contributed by atoms with Gasteiger partial charge in [0.05, 0.1) is 11.3 Å². The van der Waals surface area contributed by atoms with Crippen molar-refractivity contribution < 1.29 is 9.59 Å². The topological polar surface area (TPSA) is 37.4 Å². The Morgan fingerprint density at radius 3 is 2.50 bits per heavy atom. The number of hydrogen-bond donors (Lipinski definition) is 0. The summed E-state index contributed by atoms with van der Waals surface area (Å²) in [6, 6.07) is 5.65. The summed E-state index contributed by atoms with van der Waals surface area (Å²) in [4.78, 5) is 25.2. The Labute approximate surface area is 107 Å². The second-order valence-corrected chi connectivity index (χ2v) is 5.52. The van der Waals surface area contributed by atoms with E-state index in [1.165, 1.54) is 4.90 Å². The van der Waals surface area contributed by atoms with Crippen molar-refractivity contribution in [3.63, 3.8) is 0 Å². The molecule has 2 rings (SSSR count). The number of nitrogens with zero attached hydrogens (tertiary/aromatic N) is 1. The van der Waals surface area contributed by atoms with Crippen LogP contribution >= 0.6 is 0 Å². The maximum atomic E-state index is 11.9. The molecule has 1 heterocycles. The van der Waals surface area contributed by atoms with Crippen molar-refractivity contribution in [1.82, 2.24) is 0 Å². The summed E-state index contributed by atoms with van der Waals surface area (Å²) < 4.78 is 0. The number of carbonyl (C=O) groups is 2. The lowest BCUT2D eigenvalue weighted by atomic mass is 9.86. The Kier molecular flexibility index (Phi) is 2.85. The summed E-state index contributed by atoms with van der Waals surface area (Å²) in [5.41, 5.74) is 2.22. The number of carbonyl (C=O) groups excluding carboxylic acids is 2. The summed E-state index contributed by atoms with van der Waals surface area (Å²) in [6.07, 6.45) is 1.62. The molecule has 3 nitrogen and oxygen atoms in total. The van der Waals surface area contributed by atoms with Gasteiger partial charge in [-0.1, -0.05) is 32.9 Å². The molecule has 0 aromatic heterocycles. The van der Waals surface area contributed by atoms with Crippen molar-refractivity contribution >= 4 is 17.4 Å². The lowest BCUT2D eigenvalue weighted by Crippen LogP contribution is -2.29. The van der Waals surface area contributed by atoms with Crippen molar-refractivity contribution in [2.75, 3.05) is 11.4 Å². The van der Waals surface area contributed by atoms with E-state index in [-0.39, 0.29) is 5.41 Å². The van der Waals surface area contributed by atoms with Crippen LogP contribution in [0.5, 0.6) is 0 Å². The van der Waals surface area contributed by atoms with E-state index in [1.54, 1.807) is 6.08 Å². The molecule has 1 aromatic rings. The lowest BCUT2D eigenvalue weighted by molar-refractivity contribution is -0.114. The SMILES string of the molecule is C=CCN1C(=O)C(=O)c2cc(C(C)(C)C)ccc21. The molecule has 0 radical (unpaired) electrons. The fraction of sp³-hybridized carbons (Fsp3) is 0.333. The molecule has 0 spiro atoms. The fourth-order valence-corrected chi connectivity index (χ4v) is 2.08. The van der Waals surface area contributed by atoms with Gasteiger partial charge in [-0.2, -0.15) is 0 Å². The summed E-state index contributed by atoms with van der Waals surface area (Å²) in [5, 5.41) is 0. The third-order valence-corrected chi connectivity index (χ3v) is 3.15. The van der Waals surface area contributed by atoms with Gasteiger partial charge in [0.2, 0.25) is 0 Å². The second-order valence-electron chi connectivity index (χ2n) is 5.52. The molecule has 94 valence electrons. The van der Waals surface area contributed by atoms with Gasteiger partial charge in [-0.3, -0.25) is 9.59 Å². The van der Waals surface area contributed by atoms with Crippen molar-refractivity contribution in [3.8, 4) is 0 Å². The van der Waals surface area contributed by atoms with Crippen molar-refractivity contribution in [2.45, 2.75) is 26.2 Å². The number of rotatable bonds is 2. The van der Waals surface area contributed by atoms with E-state index in [0.717, 1.165) is 5.56 Å². The van der Waals surface area contributed by atoms with Crippen LogP contribution < -0.4 is 4.90 Å². The lowest BCUT2D eigenvalue weighted by Gasteiger charge is -2.20. The van der Waals surface area contributed by atoms with Crippen LogP contribution in [0.3, 0.4) is 0 Å². The first kappa shape index (κ1) is 12.6. The molecule has 0 unspecified atom stereocenters. The smallest absolute Gasteiger partial charge is 0.299 e. The van der Waals surface area contributed by atoms with E-state index in [0.29, 0.717) is 17.8 Å². The third-order valence-electron chi connectivity index (χ3n) is 3.15. The predicted octanol–water partition coefficient (Wildman–Crippen LogP) is 2.70. The van der Waals surface area contributed by atoms with Gasteiger partial charge < -0.3 is 4.90 Å². The molecule has 1 aliphatic rings. The number of Topliss-reactive ketones (excluding diaryl/α,β-unsaturated/α-hetero) is 1. The quantitative estimate of drug-likeness (QED) is 0.591. The highest BCUT2D eigenvalue weighted by molar-refractivity contribution is 6.52. The van der Waals surface area contributed by atoms with Crippen LogP contribution in [0.1, 0.15) is 36.7 Å². The summed E-state index contributed by atoms with van der Waals surface area (Å²) in [5.74, 6) is -0.881. The summed E-state index contributed by atoms with van der Waals surface area (Å²) in [7, 11) is 0. The zero-order valence-corrected chi connectivity index (χ0v) is 11.0. The van der Waals surface area contributed by atoms with Gasteiger partial charge in [0, 0.05) is 6.54 Å². The highest BCUT2D eigenvalue weighted by atomic mass is 16.2. The van der Waals surface area contributed by atoms with Crippen LogP contribution in [0.15, 0.2) is 30.9 Å². The van der Waals surface area contributed by atoms with E-state index < -0.39 is 11.7 Å². The molecule has 0 atom stereocenters. The van der Waals surface area contributed by atoms with Gasteiger partial charge in [-0.25, -0.2) is 0 Å². The van der Waals surface area contributed by atoms with Gasteiger partial charge in [-0.05, 0) is 23.1 Å². The molecule has 18 heavy (non-hydrogen) atoms. The normalized spacial score (nSPS) is 14.9. The Hall–Kier alpha value is -1.90. The minimum absolute atomic E-state index is 0.0375. The number of ketones is 1. The zero-order chi connectivity index (χ0) is 13.5. The molecule has 1 amide bonds. The van der Waals surface area contributed by atoms with Crippen LogP contribution in [0.25, 0.3) is 0 Å². The number of fused-ring (bicyclic) bond motifs is 1. The van der Waals surface area contributed by atoms with E-state index in [2.05, 4.69) is 27.4 Å². The average Bonchev–Trinajstić information content (AvgIpc) is 2.54. The van der Waals surface area contributed by atoms with E-state index in [4.69, 9.17) is 0 Å². The molecule has 1 aliphatic heterocycles. The van der Waals surface area contributed by atoms with Gasteiger partial charge >= 0.3 is 0 Å². The van der Waals surface area contributed by atoms with E-state index in [9.17, 15) is 9.59 Å². The molecular formula is C15H17NO2. The van der Waals surface area contributed by atoms with Crippen LogP contribution in [0, 0.1) is 0 Å². The average molecular weight is 243 g/mol. The molecule has 0 bridgehead atoms. The van der Waals surface area contributed by atoms with Crippen molar-refractivity contribution in [3.05, 3.63) is 42.0 Å². The maximum Gasteiger partial charge on any atom is 0.299 e. The molecular weight excluding hydrogens is 226 g/mol. The van der Waals surface area contributed by atoms with Gasteiger partial charge in [0.25, 0.3) is 11.7 Å². The minimum Gasteiger partial charge on any atom is -0.301 e. The highest BCUT2D eigenvalue weighted by Crippen LogP contribution is 2.33. The zero-order valence-electron chi connectivity index (χ0n) is 11.0. The Balaban J connectivity index is 2.53. The summed E-state index contributed by atoms with van der Waals surface area (Å²) in [6.45, 7) is 10.2. The first-order chi connectivity index (χ1) is 8.36. The van der Waals surface area contributed by atoms with Crippen LogP contribution in [0.2, 0.25) is 0 Å². The monoisotopic (exact) mass is 243 g/mol. The van der Waals surface area contributed by atoms with Crippen LogP contribution in [0.4, 0.5) is 5.69 Å². The number of amides is 1. The minimum atomic E-state index is -0.462. The Bertz CT molecular complexity index is 538. The number of hydrogen-bond acceptors (Lipinski definition) is 2. The van der Waals surface area contributed by atoms with Gasteiger partial charge in [0.15, 0.2) is 0 Å². The Morgan fingerprint density at radius 2 is 1.94 bits per heavy atom. The first-order valence-electron chi connectivity index (χ1n) is 5.98. The van der Waals surface area contributed by atoms with Crippen LogP contribution in [-0.4, -0.2) is 18.2 Å². The van der Waals surface area contributed by atoms with E-state index in [1.807, 2.05) is 18.2 Å². The van der Waals surface area contributed by atoms with Crippen molar-refractivity contribution in [2.24, 2.45) is 0 Å². The largest absolute Gasteiger partial charge is 0.301 e.